The predicted molar refractivity (Wildman–Crippen MR) is 103 cm³/mol. The minimum atomic E-state index is 0.0914. The molecule has 150 valence electrons. The summed E-state index contributed by atoms with van der Waals surface area (Å²) in [6.07, 6.45) is 7.56. The summed E-state index contributed by atoms with van der Waals surface area (Å²) >= 11 is 0. The van der Waals surface area contributed by atoms with Gasteiger partial charge in [0.05, 0.1) is 19.6 Å². The van der Waals surface area contributed by atoms with Crippen LogP contribution >= 0.6 is 0 Å². The molecule has 1 amide bonds. The molecule has 2 fully saturated rings. The third kappa shape index (κ3) is 5.07. The zero-order valence-corrected chi connectivity index (χ0v) is 16.4. The number of nitrogens with one attached hydrogen (secondary N) is 1. The molecule has 0 saturated carbocycles. The highest BCUT2D eigenvalue weighted by Gasteiger charge is 2.32. The number of hydrogen-bond acceptors (Lipinski definition) is 7. The molecule has 3 rings (SSSR count). The fraction of sp³-hybridized carbons (Fsp3) is 0.737. The van der Waals surface area contributed by atoms with Gasteiger partial charge in [-0.15, -0.1) is 0 Å². The molecule has 0 radical (unpaired) electrons. The lowest BCUT2D eigenvalue weighted by Gasteiger charge is -2.42. The van der Waals surface area contributed by atoms with Gasteiger partial charge in [0.2, 0.25) is 5.91 Å². The van der Waals surface area contributed by atoms with E-state index in [4.69, 9.17) is 9.47 Å². The zero-order chi connectivity index (χ0) is 19.1. The highest BCUT2D eigenvalue weighted by Crippen LogP contribution is 2.28. The summed E-state index contributed by atoms with van der Waals surface area (Å²) in [5.41, 5.74) is 0. The average Bonchev–Trinajstić information content (AvgIpc) is 2.74. The lowest BCUT2D eigenvalue weighted by Crippen LogP contribution is -2.51. The van der Waals surface area contributed by atoms with Crippen LogP contribution in [0.5, 0.6) is 5.88 Å². The Morgan fingerprint density at radius 1 is 1.19 bits per heavy atom. The summed E-state index contributed by atoms with van der Waals surface area (Å²) < 4.78 is 10.4. The largest absolute Gasteiger partial charge is 0.478 e. The van der Waals surface area contributed by atoms with Crippen molar-refractivity contribution in [1.82, 2.24) is 20.2 Å². The Bertz CT molecular complexity index is 607. The standard InChI is InChI=1S/C19H31N5O3/c1-26-13-9-21-18(25)15-4-3-10-24(14-15)16-5-11-23(12-6-16)17-19(27-2)22-8-7-20-17/h7-8,15-16H,3-6,9-14H2,1-2H3,(H,21,25)/t15-/m0/s1. The molecule has 2 aliphatic rings. The Hall–Kier alpha value is -1.93. The van der Waals surface area contributed by atoms with Crippen molar-refractivity contribution in [1.29, 1.82) is 0 Å². The number of ether oxygens (including phenoxy) is 2. The fourth-order valence-electron chi connectivity index (χ4n) is 4.09. The molecule has 0 unspecified atom stereocenters. The number of hydrogen-bond donors (Lipinski definition) is 1. The van der Waals surface area contributed by atoms with Crippen molar-refractivity contribution in [3.05, 3.63) is 12.4 Å². The van der Waals surface area contributed by atoms with Crippen molar-refractivity contribution < 1.29 is 14.3 Å². The number of amides is 1. The first-order chi connectivity index (χ1) is 13.2. The number of aromatic nitrogens is 2. The summed E-state index contributed by atoms with van der Waals surface area (Å²) in [5, 5.41) is 2.99. The van der Waals surface area contributed by atoms with Crippen molar-refractivity contribution in [2.24, 2.45) is 5.92 Å². The Morgan fingerprint density at radius 3 is 2.70 bits per heavy atom. The molecule has 8 nitrogen and oxygen atoms in total. The van der Waals surface area contributed by atoms with Gasteiger partial charge in [-0.1, -0.05) is 0 Å². The fourth-order valence-corrected chi connectivity index (χ4v) is 4.09. The summed E-state index contributed by atoms with van der Waals surface area (Å²) in [4.78, 5) is 25.8. The van der Waals surface area contributed by atoms with Crippen molar-refractivity contribution >= 4 is 11.7 Å². The van der Waals surface area contributed by atoms with Crippen LogP contribution in [0.1, 0.15) is 25.7 Å². The molecule has 0 bridgehead atoms. The highest BCUT2D eigenvalue weighted by molar-refractivity contribution is 5.78. The molecule has 0 spiro atoms. The number of nitrogens with zero attached hydrogens (tertiary/aromatic N) is 4. The first-order valence-electron chi connectivity index (χ1n) is 9.83. The van der Waals surface area contributed by atoms with Crippen LogP contribution in [0.15, 0.2) is 12.4 Å². The van der Waals surface area contributed by atoms with E-state index in [2.05, 4.69) is 25.1 Å². The van der Waals surface area contributed by atoms with Crippen LogP contribution in [-0.2, 0) is 9.53 Å². The van der Waals surface area contributed by atoms with Crippen LogP contribution in [0, 0.1) is 5.92 Å². The second-order valence-electron chi connectivity index (χ2n) is 7.23. The quantitative estimate of drug-likeness (QED) is 0.708. The van der Waals surface area contributed by atoms with Gasteiger partial charge in [-0.25, -0.2) is 9.97 Å². The number of methoxy groups -OCH3 is 2. The third-order valence-electron chi connectivity index (χ3n) is 5.55. The molecular formula is C19H31N5O3. The van der Waals surface area contributed by atoms with E-state index in [-0.39, 0.29) is 11.8 Å². The molecule has 1 N–H and O–H groups in total. The van der Waals surface area contributed by atoms with Crippen LogP contribution in [-0.4, -0.2) is 80.4 Å². The Labute approximate surface area is 161 Å². The molecule has 27 heavy (non-hydrogen) atoms. The van der Waals surface area contributed by atoms with Crippen LogP contribution in [0.2, 0.25) is 0 Å². The van der Waals surface area contributed by atoms with Gasteiger partial charge in [-0.2, -0.15) is 0 Å². The van der Waals surface area contributed by atoms with Crippen molar-refractivity contribution in [3.63, 3.8) is 0 Å². The van der Waals surface area contributed by atoms with Gasteiger partial charge in [0.25, 0.3) is 5.88 Å². The summed E-state index contributed by atoms with van der Waals surface area (Å²) in [6, 6.07) is 0.526. The maximum absolute atomic E-state index is 12.4. The molecule has 1 aromatic heterocycles. The summed E-state index contributed by atoms with van der Waals surface area (Å²) in [7, 11) is 3.28. The average molecular weight is 377 g/mol. The number of carbonyl (C=O) groups is 1. The van der Waals surface area contributed by atoms with E-state index in [1.165, 1.54) is 0 Å². The second kappa shape index (κ2) is 9.85. The minimum Gasteiger partial charge on any atom is -0.478 e. The van der Waals surface area contributed by atoms with E-state index in [0.29, 0.717) is 25.1 Å². The molecule has 2 aliphatic heterocycles. The third-order valence-corrected chi connectivity index (χ3v) is 5.55. The van der Waals surface area contributed by atoms with Gasteiger partial charge in [0, 0.05) is 51.7 Å². The summed E-state index contributed by atoms with van der Waals surface area (Å²) in [5.74, 6) is 1.67. The molecule has 2 saturated heterocycles. The number of rotatable bonds is 7. The van der Waals surface area contributed by atoms with Gasteiger partial charge in [-0.3, -0.25) is 9.69 Å². The molecular weight excluding hydrogens is 346 g/mol. The lowest BCUT2D eigenvalue weighted by molar-refractivity contribution is -0.127. The van der Waals surface area contributed by atoms with Crippen LogP contribution in [0.25, 0.3) is 0 Å². The molecule has 1 aromatic rings. The molecule has 8 heteroatoms. The van der Waals surface area contributed by atoms with Crippen molar-refractivity contribution in [3.8, 4) is 5.88 Å². The van der Waals surface area contributed by atoms with E-state index in [0.717, 1.165) is 57.7 Å². The first kappa shape index (κ1) is 19.8. The Balaban J connectivity index is 1.51. The highest BCUT2D eigenvalue weighted by atomic mass is 16.5. The van der Waals surface area contributed by atoms with Gasteiger partial charge in [-0.05, 0) is 32.2 Å². The van der Waals surface area contributed by atoms with Crippen molar-refractivity contribution in [2.75, 3.05) is 58.5 Å². The minimum absolute atomic E-state index is 0.0914. The van der Waals surface area contributed by atoms with Gasteiger partial charge >= 0.3 is 0 Å². The molecule has 3 heterocycles. The lowest BCUT2D eigenvalue weighted by atomic mass is 9.93. The van der Waals surface area contributed by atoms with Gasteiger partial charge < -0.3 is 19.7 Å². The monoisotopic (exact) mass is 377 g/mol. The van der Waals surface area contributed by atoms with Gasteiger partial charge in [0.15, 0.2) is 5.82 Å². The Morgan fingerprint density at radius 2 is 1.96 bits per heavy atom. The van der Waals surface area contributed by atoms with E-state index >= 15 is 0 Å². The van der Waals surface area contributed by atoms with E-state index in [1.54, 1.807) is 26.6 Å². The van der Waals surface area contributed by atoms with Gasteiger partial charge in [0.1, 0.15) is 0 Å². The first-order valence-corrected chi connectivity index (χ1v) is 9.83. The second-order valence-corrected chi connectivity index (χ2v) is 7.23. The zero-order valence-electron chi connectivity index (χ0n) is 16.4. The van der Waals surface area contributed by atoms with E-state index < -0.39 is 0 Å². The van der Waals surface area contributed by atoms with Crippen molar-refractivity contribution in [2.45, 2.75) is 31.7 Å². The smallest absolute Gasteiger partial charge is 0.257 e. The topological polar surface area (TPSA) is 79.8 Å². The molecule has 1 atom stereocenters. The maximum atomic E-state index is 12.4. The number of likely N-dealkylation sites (tertiary alicyclic amines) is 1. The number of anilines is 1. The maximum Gasteiger partial charge on any atom is 0.257 e. The van der Waals surface area contributed by atoms with E-state index in [1.807, 2.05) is 0 Å². The van der Waals surface area contributed by atoms with E-state index in [9.17, 15) is 4.79 Å². The number of piperidine rings is 2. The SMILES string of the molecule is COCCNC(=O)[C@H]1CCCN(C2CCN(c3nccnc3OC)CC2)C1. The molecule has 0 aromatic carbocycles. The van der Waals surface area contributed by atoms with Crippen LogP contribution in [0.4, 0.5) is 5.82 Å². The Kier molecular flexibility index (Phi) is 7.23. The number of carbonyl (C=O) groups excluding carboxylic acids is 1. The normalized spacial score (nSPS) is 21.9. The van der Waals surface area contributed by atoms with Crippen LogP contribution in [0.3, 0.4) is 0 Å². The van der Waals surface area contributed by atoms with Crippen LogP contribution < -0.4 is 15.0 Å². The summed E-state index contributed by atoms with van der Waals surface area (Å²) in [6.45, 7) is 4.96. The predicted octanol–water partition coefficient (Wildman–Crippen LogP) is 0.929. The molecule has 0 aliphatic carbocycles.